The summed E-state index contributed by atoms with van der Waals surface area (Å²) < 4.78 is 8.30. The average Bonchev–Trinajstić information content (AvgIpc) is 2.32. The first-order valence-corrected chi connectivity index (χ1v) is 4.41. The van der Waals surface area contributed by atoms with Gasteiger partial charge in [-0.1, -0.05) is 6.92 Å². The summed E-state index contributed by atoms with van der Waals surface area (Å²) in [6.45, 7) is 3.91. The van der Waals surface area contributed by atoms with Crippen LogP contribution in [0.2, 0.25) is 0 Å². The Hall–Kier alpha value is -0.510. The Bertz CT molecular complexity index is 271. The van der Waals surface area contributed by atoms with Crippen LogP contribution in [0.15, 0.2) is 10.7 Å². The third kappa shape index (κ3) is 1.15. The largest absolute Gasteiger partial charge is 0.477 e. The van der Waals surface area contributed by atoms with E-state index in [1.54, 1.807) is 6.20 Å². The molecule has 1 atom stereocenters. The molecule has 1 aliphatic heterocycles. The average molecular weight is 217 g/mol. The summed E-state index contributed by atoms with van der Waals surface area (Å²) in [5.41, 5.74) is 0. The molecule has 0 aromatic carbocycles. The van der Waals surface area contributed by atoms with Gasteiger partial charge in [0.25, 0.3) is 0 Å². The Kier molecular flexibility index (Phi) is 1.64. The van der Waals surface area contributed by atoms with Gasteiger partial charge in [-0.3, -0.25) is 0 Å². The molecular formula is C7H9BrN2O. The molecule has 60 valence electrons. The van der Waals surface area contributed by atoms with Gasteiger partial charge in [0.2, 0.25) is 5.88 Å². The van der Waals surface area contributed by atoms with Crippen molar-refractivity contribution in [2.24, 2.45) is 5.92 Å². The van der Waals surface area contributed by atoms with Crippen molar-refractivity contribution in [3.05, 3.63) is 10.7 Å². The molecule has 2 heterocycles. The van der Waals surface area contributed by atoms with E-state index in [0.29, 0.717) is 5.92 Å². The second-order valence-corrected chi connectivity index (χ2v) is 3.75. The predicted molar refractivity (Wildman–Crippen MR) is 44.6 cm³/mol. The minimum absolute atomic E-state index is 0.564. The molecule has 1 aromatic rings. The fraction of sp³-hybridized carbons (Fsp3) is 0.571. The molecule has 0 fully saturated rings. The van der Waals surface area contributed by atoms with Crippen LogP contribution in [0, 0.1) is 5.92 Å². The number of fused-ring (bicyclic) bond motifs is 1. The van der Waals surface area contributed by atoms with Gasteiger partial charge in [-0.15, -0.1) is 0 Å². The number of hydrogen-bond donors (Lipinski definition) is 0. The third-order valence-electron chi connectivity index (χ3n) is 1.74. The number of aromatic nitrogens is 2. The summed E-state index contributed by atoms with van der Waals surface area (Å²) in [5.74, 6) is 1.43. The lowest BCUT2D eigenvalue weighted by Gasteiger charge is -2.20. The van der Waals surface area contributed by atoms with Crippen LogP contribution >= 0.6 is 15.9 Å². The Balaban J connectivity index is 2.36. The molecule has 0 amide bonds. The quantitative estimate of drug-likeness (QED) is 0.660. The van der Waals surface area contributed by atoms with Crippen molar-refractivity contribution < 1.29 is 4.74 Å². The van der Waals surface area contributed by atoms with E-state index in [4.69, 9.17) is 4.74 Å². The molecule has 0 saturated carbocycles. The summed E-state index contributed by atoms with van der Waals surface area (Å²) in [7, 11) is 0. The Morgan fingerprint density at radius 3 is 3.45 bits per heavy atom. The monoisotopic (exact) mass is 216 g/mol. The first-order valence-electron chi connectivity index (χ1n) is 3.61. The van der Waals surface area contributed by atoms with E-state index < -0.39 is 0 Å². The third-order valence-corrected chi connectivity index (χ3v) is 2.28. The Labute approximate surface area is 73.5 Å². The SMILES string of the molecule is CC1COc2c(Br)cnn2C1. The second kappa shape index (κ2) is 2.52. The van der Waals surface area contributed by atoms with E-state index in [0.717, 1.165) is 23.5 Å². The van der Waals surface area contributed by atoms with Crippen LogP contribution in [0.5, 0.6) is 5.88 Å². The highest BCUT2D eigenvalue weighted by molar-refractivity contribution is 9.10. The van der Waals surface area contributed by atoms with Gasteiger partial charge in [0.05, 0.1) is 23.8 Å². The zero-order chi connectivity index (χ0) is 7.84. The number of nitrogens with zero attached hydrogens (tertiary/aromatic N) is 2. The van der Waals surface area contributed by atoms with E-state index >= 15 is 0 Å². The zero-order valence-corrected chi connectivity index (χ0v) is 7.84. The smallest absolute Gasteiger partial charge is 0.226 e. The van der Waals surface area contributed by atoms with Gasteiger partial charge < -0.3 is 4.74 Å². The Morgan fingerprint density at radius 2 is 2.64 bits per heavy atom. The van der Waals surface area contributed by atoms with Crippen LogP contribution in [0.1, 0.15) is 6.92 Å². The van der Waals surface area contributed by atoms with E-state index in [2.05, 4.69) is 28.0 Å². The van der Waals surface area contributed by atoms with Crippen molar-refractivity contribution >= 4 is 15.9 Å². The van der Waals surface area contributed by atoms with Crippen molar-refractivity contribution in [3.63, 3.8) is 0 Å². The lowest BCUT2D eigenvalue weighted by Crippen LogP contribution is -2.23. The van der Waals surface area contributed by atoms with Gasteiger partial charge in [-0.05, 0) is 15.9 Å². The van der Waals surface area contributed by atoms with Gasteiger partial charge >= 0.3 is 0 Å². The van der Waals surface area contributed by atoms with Crippen LogP contribution in [-0.4, -0.2) is 16.4 Å². The van der Waals surface area contributed by atoms with E-state index in [9.17, 15) is 0 Å². The van der Waals surface area contributed by atoms with Gasteiger partial charge in [0.15, 0.2) is 0 Å². The first kappa shape index (κ1) is 7.16. The summed E-state index contributed by atoms with van der Waals surface area (Å²) >= 11 is 3.36. The van der Waals surface area contributed by atoms with Crippen molar-refractivity contribution in [2.75, 3.05) is 6.61 Å². The molecule has 2 rings (SSSR count). The minimum Gasteiger partial charge on any atom is -0.477 e. The van der Waals surface area contributed by atoms with Crippen LogP contribution in [0.3, 0.4) is 0 Å². The molecule has 11 heavy (non-hydrogen) atoms. The minimum atomic E-state index is 0.564. The first-order chi connectivity index (χ1) is 5.27. The highest BCUT2D eigenvalue weighted by Gasteiger charge is 2.18. The molecule has 1 unspecified atom stereocenters. The maximum absolute atomic E-state index is 5.46. The topological polar surface area (TPSA) is 27.1 Å². The summed E-state index contributed by atoms with van der Waals surface area (Å²) in [5, 5.41) is 4.15. The molecule has 0 saturated heterocycles. The molecule has 0 spiro atoms. The zero-order valence-electron chi connectivity index (χ0n) is 6.25. The molecule has 1 aromatic heterocycles. The molecule has 0 N–H and O–H groups in total. The number of hydrogen-bond acceptors (Lipinski definition) is 2. The highest BCUT2D eigenvalue weighted by Crippen LogP contribution is 2.28. The number of halogens is 1. The highest BCUT2D eigenvalue weighted by atomic mass is 79.9. The van der Waals surface area contributed by atoms with Gasteiger partial charge in [-0.25, -0.2) is 4.68 Å². The predicted octanol–water partition coefficient (Wildman–Crippen LogP) is 1.67. The molecule has 0 aliphatic carbocycles. The van der Waals surface area contributed by atoms with Crippen molar-refractivity contribution in [1.29, 1.82) is 0 Å². The van der Waals surface area contributed by atoms with Crippen LogP contribution in [0.4, 0.5) is 0 Å². The molecule has 3 nitrogen and oxygen atoms in total. The van der Waals surface area contributed by atoms with E-state index in [1.165, 1.54) is 0 Å². The number of ether oxygens (including phenoxy) is 1. The second-order valence-electron chi connectivity index (χ2n) is 2.90. The maximum Gasteiger partial charge on any atom is 0.226 e. The fourth-order valence-corrected chi connectivity index (χ4v) is 1.60. The van der Waals surface area contributed by atoms with Crippen molar-refractivity contribution in [1.82, 2.24) is 9.78 Å². The fourth-order valence-electron chi connectivity index (χ4n) is 1.19. The van der Waals surface area contributed by atoms with Crippen LogP contribution in [-0.2, 0) is 6.54 Å². The Morgan fingerprint density at radius 1 is 1.82 bits per heavy atom. The van der Waals surface area contributed by atoms with Crippen molar-refractivity contribution in [3.8, 4) is 5.88 Å². The lowest BCUT2D eigenvalue weighted by molar-refractivity contribution is 0.174. The molecular weight excluding hydrogens is 208 g/mol. The van der Waals surface area contributed by atoms with Gasteiger partial charge in [0.1, 0.15) is 0 Å². The standard InChI is InChI=1S/C7H9BrN2O/c1-5-3-10-7(11-4-5)6(8)2-9-10/h2,5H,3-4H2,1H3. The summed E-state index contributed by atoms with van der Waals surface area (Å²) in [4.78, 5) is 0. The molecule has 0 radical (unpaired) electrons. The van der Waals surface area contributed by atoms with E-state index in [-0.39, 0.29) is 0 Å². The molecule has 0 bridgehead atoms. The normalized spacial score (nSPS) is 22.5. The van der Waals surface area contributed by atoms with Crippen molar-refractivity contribution in [2.45, 2.75) is 13.5 Å². The van der Waals surface area contributed by atoms with Crippen LogP contribution in [0.25, 0.3) is 0 Å². The number of rotatable bonds is 0. The van der Waals surface area contributed by atoms with Crippen LogP contribution < -0.4 is 4.74 Å². The summed E-state index contributed by atoms with van der Waals surface area (Å²) in [6, 6.07) is 0. The maximum atomic E-state index is 5.46. The molecule has 1 aliphatic rings. The lowest BCUT2D eigenvalue weighted by atomic mass is 10.2. The van der Waals surface area contributed by atoms with Gasteiger partial charge in [0, 0.05) is 5.92 Å². The summed E-state index contributed by atoms with van der Waals surface area (Å²) in [6.07, 6.45) is 1.77. The molecule has 4 heteroatoms. The van der Waals surface area contributed by atoms with E-state index in [1.807, 2.05) is 4.68 Å². The van der Waals surface area contributed by atoms with Gasteiger partial charge in [-0.2, -0.15) is 5.10 Å².